The van der Waals surface area contributed by atoms with Gasteiger partial charge in [0.2, 0.25) is 5.91 Å². The first-order valence-corrected chi connectivity index (χ1v) is 11.7. The van der Waals surface area contributed by atoms with Crippen LogP contribution in [0.4, 0.5) is 5.82 Å². The standard InChI is InChI=1S/C21H20ClN5O2.C4H8O2/c1-13(28)25-20-5-3-15(12-24-20)18-11-17(22)16-4-2-14(10-19(16)26-18)21(29)27-8-6-23-7-9-27;1-2-3-4(5)6/h2-5,10-12,23H,6-9H2,1H3,(H,24,25,28);2-3H2,1H3,(H,5,6). The van der Waals surface area contributed by atoms with Gasteiger partial charge >= 0.3 is 5.97 Å². The molecular formula is C25H28ClN5O4. The Morgan fingerprint density at radius 2 is 1.89 bits per heavy atom. The number of halogens is 1. The normalized spacial score (nSPS) is 13.1. The van der Waals surface area contributed by atoms with Gasteiger partial charge in [-0.15, -0.1) is 0 Å². The minimum Gasteiger partial charge on any atom is -0.481 e. The summed E-state index contributed by atoms with van der Waals surface area (Å²) in [6.07, 6.45) is 2.65. The molecule has 2 amide bonds. The van der Waals surface area contributed by atoms with Crippen LogP contribution >= 0.6 is 11.6 Å². The van der Waals surface area contributed by atoms with Gasteiger partial charge in [0.15, 0.2) is 0 Å². The van der Waals surface area contributed by atoms with E-state index in [1.807, 2.05) is 24.0 Å². The van der Waals surface area contributed by atoms with Crippen LogP contribution in [0, 0.1) is 0 Å². The van der Waals surface area contributed by atoms with Crippen molar-refractivity contribution >= 4 is 46.1 Å². The molecule has 1 aromatic carbocycles. The highest BCUT2D eigenvalue weighted by Gasteiger charge is 2.19. The van der Waals surface area contributed by atoms with Crippen LogP contribution in [0.2, 0.25) is 5.02 Å². The molecule has 3 N–H and O–H groups in total. The molecule has 1 saturated heterocycles. The second-order valence-corrected chi connectivity index (χ2v) is 8.43. The molecular weight excluding hydrogens is 470 g/mol. The lowest BCUT2D eigenvalue weighted by Gasteiger charge is -2.27. The van der Waals surface area contributed by atoms with Gasteiger partial charge in [-0.05, 0) is 36.8 Å². The number of hydrogen-bond acceptors (Lipinski definition) is 6. The van der Waals surface area contributed by atoms with Gasteiger partial charge in [-0.1, -0.05) is 24.6 Å². The third-order valence-electron chi connectivity index (χ3n) is 5.24. The van der Waals surface area contributed by atoms with E-state index >= 15 is 0 Å². The van der Waals surface area contributed by atoms with Gasteiger partial charge in [-0.25, -0.2) is 9.97 Å². The average Bonchev–Trinajstić information content (AvgIpc) is 2.84. The van der Waals surface area contributed by atoms with Crippen molar-refractivity contribution in [2.75, 3.05) is 31.5 Å². The quantitative estimate of drug-likeness (QED) is 0.489. The molecule has 0 unspecified atom stereocenters. The summed E-state index contributed by atoms with van der Waals surface area (Å²) < 4.78 is 0. The number of aromatic nitrogens is 2. The highest BCUT2D eigenvalue weighted by atomic mass is 35.5. The maximum absolute atomic E-state index is 12.8. The molecule has 184 valence electrons. The Bertz CT molecular complexity index is 1210. The van der Waals surface area contributed by atoms with E-state index in [1.165, 1.54) is 6.92 Å². The molecule has 3 aromatic rings. The first-order chi connectivity index (χ1) is 16.8. The summed E-state index contributed by atoms with van der Waals surface area (Å²) in [4.78, 5) is 44.3. The second kappa shape index (κ2) is 12.2. The van der Waals surface area contributed by atoms with Crippen molar-refractivity contribution in [1.82, 2.24) is 20.2 Å². The van der Waals surface area contributed by atoms with E-state index in [1.54, 1.807) is 30.5 Å². The number of amides is 2. The number of carboxylic acids is 1. The van der Waals surface area contributed by atoms with Crippen LogP contribution in [-0.2, 0) is 9.59 Å². The number of nitrogens with zero attached hydrogens (tertiary/aromatic N) is 3. The van der Waals surface area contributed by atoms with E-state index in [4.69, 9.17) is 21.7 Å². The molecule has 0 atom stereocenters. The zero-order chi connectivity index (χ0) is 25.4. The number of anilines is 1. The largest absolute Gasteiger partial charge is 0.481 e. The third kappa shape index (κ3) is 7.21. The minimum atomic E-state index is -0.711. The third-order valence-corrected chi connectivity index (χ3v) is 5.55. The molecule has 1 aliphatic heterocycles. The molecule has 9 nitrogen and oxygen atoms in total. The van der Waals surface area contributed by atoms with Crippen molar-refractivity contribution in [2.24, 2.45) is 0 Å². The van der Waals surface area contributed by atoms with Crippen LogP contribution in [0.1, 0.15) is 37.0 Å². The molecule has 2 aromatic heterocycles. The van der Waals surface area contributed by atoms with E-state index in [-0.39, 0.29) is 11.8 Å². The van der Waals surface area contributed by atoms with Crippen molar-refractivity contribution in [3.05, 3.63) is 53.2 Å². The van der Waals surface area contributed by atoms with Crippen LogP contribution < -0.4 is 10.6 Å². The number of benzene rings is 1. The van der Waals surface area contributed by atoms with E-state index in [2.05, 4.69) is 15.6 Å². The van der Waals surface area contributed by atoms with Gasteiger partial charge in [0.1, 0.15) is 5.82 Å². The Hall–Kier alpha value is -3.56. The number of aliphatic carboxylic acids is 1. The van der Waals surface area contributed by atoms with Gasteiger partial charge in [0.25, 0.3) is 5.91 Å². The lowest BCUT2D eigenvalue weighted by atomic mass is 10.1. The van der Waals surface area contributed by atoms with E-state index in [0.717, 1.165) is 30.5 Å². The van der Waals surface area contributed by atoms with Crippen molar-refractivity contribution in [1.29, 1.82) is 0 Å². The number of hydrogen-bond donors (Lipinski definition) is 3. The number of carboxylic acid groups (broad SMARTS) is 1. The highest BCUT2D eigenvalue weighted by molar-refractivity contribution is 6.35. The summed E-state index contributed by atoms with van der Waals surface area (Å²) in [5, 5.41) is 15.1. The van der Waals surface area contributed by atoms with Gasteiger partial charge in [0, 0.05) is 62.2 Å². The van der Waals surface area contributed by atoms with Crippen molar-refractivity contribution in [3.8, 4) is 11.3 Å². The summed E-state index contributed by atoms with van der Waals surface area (Å²) >= 11 is 6.47. The maximum atomic E-state index is 12.8. The Labute approximate surface area is 208 Å². The van der Waals surface area contributed by atoms with Crippen molar-refractivity contribution in [2.45, 2.75) is 26.7 Å². The highest BCUT2D eigenvalue weighted by Crippen LogP contribution is 2.29. The average molecular weight is 498 g/mol. The first kappa shape index (κ1) is 26.1. The Morgan fingerprint density at radius 1 is 1.14 bits per heavy atom. The lowest BCUT2D eigenvalue weighted by molar-refractivity contribution is -0.137. The number of pyridine rings is 2. The molecule has 4 rings (SSSR count). The zero-order valence-electron chi connectivity index (χ0n) is 19.7. The van der Waals surface area contributed by atoms with E-state index in [0.29, 0.717) is 47.1 Å². The number of carbonyl (C=O) groups excluding carboxylic acids is 2. The molecule has 0 bridgehead atoms. The van der Waals surface area contributed by atoms with Crippen molar-refractivity contribution < 1.29 is 19.5 Å². The monoisotopic (exact) mass is 497 g/mol. The van der Waals surface area contributed by atoms with Gasteiger partial charge in [-0.3, -0.25) is 14.4 Å². The summed E-state index contributed by atoms with van der Waals surface area (Å²) in [5.41, 5.74) is 2.66. The van der Waals surface area contributed by atoms with E-state index < -0.39 is 5.97 Å². The topological polar surface area (TPSA) is 125 Å². The fourth-order valence-electron chi connectivity index (χ4n) is 3.53. The molecule has 1 fully saturated rings. The molecule has 0 radical (unpaired) electrons. The van der Waals surface area contributed by atoms with Crippen LogP contribution in [0.25, 0.3) is 22.2 Å². The molecule has 10 heteroatoms. The molecule has 1 aliphatic rings. The minimum absolute atomic E-state index is 0.00180. The van der Waals surface area contributed by atoms with Crippen LogP contribution in [0.15, 0.2) is 42.6 Å². The number of fused-ring (bicyclic) bond motifs is 1. The predicted molar refractivity (Wildman–Crippen MR) is 136 cm³/mol. The Balaban J connectivity index is 0.000000509. The summed E-state index contributed by atoms with van der Waals surface area (Å²) in [5.74, 6) is -0.425. The smallest absolute Gasteiger partial charge is 0.303 e. The number of rotatable bonds is 5. The van der Waals surface area contributed by atoms with Crippen LogP contribution in [0.5, 0.6) is 0 Å². The molecule has 3 heterocycles. The summed E-state index contributed by atoms with van der Waals surface area (Å²) in [6.45, 7) is 6.26. The van der Waals surface area contributed by atoms with Crippen LogP contribution in [0.3, 0.4) is 0 Å². The first-order valence-electron chi connectivity index (χ1n) is 11.3. The van der Waals surface area contributed by atoms with Crippen LogP contribution in [-0.4, -0.2) is 63.9 Å². The maximum Gasteiger partial charge on any atom is 0.303 e. The number of piperazine rings is 1. The molecule has 0 aliphatic carbocycles. The van der Waals surface area contributed by atoms with Crippen molar-refractivity contribution in [3.63, 3.8) is 0 Å². The lowest BCUT2D eigenvalue weighted by Crippen LogP contribution is -2.46. The summed E-state index contributed by atoms with van der Waals surface area (Å²) in [7, 11) is 0. The Kier molecular flexibility index (Phi) is 9.11. The molecule has 0 saturated carbocycles. The SMILES string of the molecule is CC(=O)Nc1ccc(-c2cc(Cl)c3ccc(C(=O)N4CCNCC4)cc3n2)cn1.CCCC(=O)O. The number of carbonyl (C=O) groups is 3. The molecule has 0 spiro atoms. The second-order valence-electron chi connectivity index (χ2n) is 8.02. The van der Waals surface area contributed by atoms with Gasteiger partial charge in [-0.2, -0.15) is 0 Å². The number of nitrogens with one attached hydrogen (secondary N) is 2. The summed E-state index contributed by atoms with van der Waals surface area (Å²) in [6, 6.07) is 10.7. The molecule has 35 heavy (non-hydrogen) atoms. The predicted octanol–water partition coefficient (Wildman–Crippen LogP) is 3.83. The Morgan fingerprint density at radius 3 is 2.46 bits per heavy atom. The van der Waals surface area contributed by atoms with Gasteiger partial charge in [0.05, 0.1) is 16.2 Å². The van der Waals surface area contributed by atoms with Gasteiger partial charge < -0.3 is 20.6 Å². The zero-order valence-corrected chi connectivity index (χ0v) is 20.4. The van der Waals surface area contributed by atoms with E-state index in [9.17, 15) is 14.4 Å². The fraction of sp³-hybridized carbons (Fsp3) is 0.320. The fourth-order valence-corrected chi connectivity index (χ4v) is 3.79.